The van der Waals surface area contributed by atoms with Crippen LogP contribution in [0.2, 0.25) is 0 Å². The fraction of sp³-hybridized carbons (Fsp3) is 0.333. The van der Waals surface area contributed by atoms with E-state index in [1.54, 1.807) is 0 Å². The Morgan fingerprint density at radius 3 is 2.57 bits per heavy atom. The van der Waals surface area contributed by atoms with Gasteiger partial charge >= 0.3 is 0 Å². The first-order valence-electron chi connectivity index (χ1n) is 7.41. The van der Waals surface area contributed by atoms with Crippen LogP contribution in [-0.4, -0.2) is 9.88 Å². The molecule has 0 aliphatic carbocycles. The van der Waals surface area contributed by atoms with Crippen LogP contribution in [0.15, 0.2) is 36.5 Å². The molecule has 0 atom stereocenters. The molecule has 2 aromatic rings. The summed E-state index contributed by atoms with van der Waals surface area (Å²) >= 11 is 0. The van der Waals surface area contributed by atoms with Gasteiger partial charge in [0.15, 0.2) is 0 Å². The van der Waals surface area contributed by atoms with Gasteiger partial charge in [0.1, 0.15) is 11.8 Å². The highest BCUT2D eigenvalue weighted by Crippen LogP contribution is 2.27. The lowest BCUT2D eigenvalue weighted by Gasteiger charge is -2.14. The minimum absolute atomic E-state index is 0.556. The molecule has 0 spiro atoms. The largest absolute Gasteiger partial charge is 0.290 e. The maximum atomic E-state index is 9.02. The summed E-state index contributed by atoms with van der Waals surface area (Å²) in [5.41, 5.74) is 5.45. The van der Waals surface area contributed by atoms with Crippen molar-refractivity contribution in [3.8, 4) is 6.07 Å². The Kier molecular flexibility index (Phi) is 5.08. The van der Waals surface area contributed by atoms with E-state index in [-0.39, 0.29) is 0 Å². The molecule has 1 aromatic carbocycles. The van der Waals surface area contributed by atoms with E-state index in [1.807, 2.05) is 33.0 Å². The molecule has 108 valence electrons. The molecular weight excluding hydrogens is 258 g/mol. The molecule has 1 aliphatic heterocycles. The third-order valence-corrected chi connectivity index (χ3v) is 3.68. The lowest BCUT2D eigenvalue weighted by atomic mass is 10.1. The molecule has 0 amide bonds. The van der Waals surface area contributed by atoms with Gasteiger partial charge in [-0.05, 0) is 29.2 Å². The first-order chi connectivity index (χ1) is 10.3. The Morgan fingerprint density at radius 2 is 1.90 bits per heavy atom. The smallest absolute Gasteiger partial charge is 0.143 e. The monoisotopic (exact) mass is 279 g/mol. The Morgan fingerprint density at radius 1 is 1.19 bits per heavy atom. The van der Waals surface area contributed by atoms with Gasteiger partial charge in [-0.1, -0.05) is 44.2 Å². The van der Waals surface area contributed by atoms with E-state index >= 15 is 0 Å². The van der Waals surface area contributed by atoms with Crippen LogP contribution in [0.3, 0.4) is 0 Å². The van der Waals surface area contributed by atoms with E-state index in [9.17, 15) is 0 Å². The maximum absolute atomic E-state index is 9.02. The molecule has 3 rings (SSSR count). The SMILES string of the molecule is CC.Cc1c(C#N)ncc2c1CN(Cc1ccccc1)C2. The van der Waals surface area contributed by atoms with Gasteiger partial charge in [-0.2, -0.15) is 5.26 Å². The first kappa shape index (κ1) is 15.2. The second-order valence-corrected chi connectivity index (χ2v) is 4.98. The summed E-state index contributed by atoms with van der Waals surface area (Å²) in [6.07, 6.45) is 1.85. The molecule has 1 aliphatic rings. The van der Waals surface area contributed by atoms with Gasteiger partial charge in [0.25, 0.3) is 0 Å². The zero-order valence-corrected chi connectivity index (χ0v) is 12.9. The van der Waals surface area contributed by atoms with Crippen molar-refractivity contribution in [2.24, 2.45) is 0 Å². The molecule has 0 radical (unpaired) electrons. The number of pyridine rings is 1. The van der Waals surface area contributed by atoms with Crippen molar-refractivity contribution in [1.82, 2.24) is 9.88 Å². The number of nitriles is 1. The van der Waals surface area contributed by atoms with E-state index < -0.39 is 0 Å². The van der Waals surface area contributed by atoms with Crippen molar-refractivity contribution in [3.63, 3.8) is 0 Å². The highest BCUT2D eigenvalue weighted by Gasteiger charge is 2.22. The number of benzene rings is 1. The second-order valence-electron chi connectivity index (χ2n) is 4.98. The molecule has 3 nitrogen and oxygen atoms in total. The summed E-state index contributed by atoms with van der Waals surface area (Å²) in [6, 6.07) is 12.6. The van der Waals surface area contributed by atoms with Crippen molar-refractivity contribution < 1.29 is 0 Å². The average Bonchev–Trinajstić information content (AvgIpc) is 2.94. The summed E-state index contributed by atoms with van der Waals surface area (Å²) in [5, 5.41) is 9.02. The van der Waals surface area contributed by atoms with Crippen LogP contribution >= 0.6 is 0 Å². The molecule has 0 fully saturated rings. The fourth-order valence-electron chi connectivity index (χ4n) is 2.64. The molecule has 1 aromatic heterocycles. The van der Waals surface area contributed by atoms with Crippen molar-refractivity contribution >= 4 is 0 Å². The van der Waals surface area contributed by atoms with Crippen LogP contribution in [0.4, 0.5) is 0 Å². The first-order valence-corrected chi connectivity index (χ1v) is 7.41. The summed E-state index contributed by atoms with van der Waals surface area (Å²) in [4.78, 5) is 6.61. The topological polar surface area (TPSA) is 39.9 Å². The fourth-order valence-corrected chi connectivity index (χ4v) is 2.64. The highest BCUT2D eigenvalue weighted by atomic mass is 15.1. The Balaban J connectivity index is 0.000000774. The normalized spacial score (nSPS) is 13.0. The Bertz CT molecular complexity index is 642. The molecule has 0 saturated carbocycles. The molecule has 0 N–H and O–H groups in total. The lowest BCUT2D eigenvalue weighted by Crippen LogP contribution is -2.15. The van der Waals surface area contributed by atoms with Crippen LogP contribution in [0.1, 0.15) is 41.8 Å². The predicted octanol–water partition coefficient (Wildman–Crippen LogP) is 3.80. The van der Waals surface area contributed by atoms with Crippen LogP contribution in [-0.2, 0) is 19.6 Å². The van der Waals surface area contributed by atoms with Crippen molar-refractivity contribution in [2.75, 3.05) is 0 Å². The lowest BCUT2D eigenvalue weighted by molar-refractivity contribution is 0.275. The third kappa shape index (κ3) is 3.29. The van der Waals surface area contributed by atoms with E-state index in [2.05, 4.69) is 40.2 Å². The molecule has 2 heterocycles. The molecule has 0 bridgehead atoms. The number of hydrogen-bond acceptors (Lipinski definition) is 3. The van der Waals surface area contributed by atoms with Gasteiger partial charge in [0.05, 0.1) is 0 Å². The zero-order valence-electron chi connectivity index (χ0n) is 12.9. The standard InChI is InChI=1S/C16H15N3.C2H6/c1-12-15-11-19(9-13-5-3-2-4-6-13)10-14(15)8-18-16(12)7-17;1-2/h2-6,8H,9-11H2,1H3;1-2H3. The van der Waals surface area contributed by atoms with Gasteiger partial charge in [-0.3, -0.25) is 4.90 Å². The van der Waals surface area contributed by atoms with Gasteiger partial charge in [-0.25, -0.2) is 4.98 Å². The third-order valence-electron chi connectivity index (χ3n) is 3.68. The molecular formula is C18H21N3. The number of hydrogen-bond donors (Lipinski definition) is 0. The second kappa shape index (κ2) is 7.01. The van der Waals surface area contributed by atoms with Crippen LogP contribution in [0.25, 0.3) is 0 Å². The summed E-state index contributed by atoms with van der Waals surface area (Å²) in [6.45, 7) is 8.77. The highest BCUT2D eigenvalue weighted by molar-refractivity contribution is 5.42. The average molecular weight is 279 g/mol. The summed E-state index contributed by atoms with van der Waals surface area (Å²) < 4.78 is 0. The molecule has 0 saturated heterocycles. The Hall–Kier alpha value is -2.18. The van der Waals surface area contributed by atoms with E-state index in [4.69, 9.17) is 5.26 Å². The minimum atomic E-state index is 0.556. The van der Waals surface area contributed by atoms with Gasteiger partial charge in [0, 0.05) is 25.8 Å². The Labute approximate surface area is 126 Å². The van der Waals surface area contributed by atoms with Crippen molar-refractivity contribution in [1.29, 1.82) is 5.26 Å². The quantitative estimate of drug-likeness (QED) is 0.839. The van der Waals surface area contributed by atoms with Crippen molar-refractivity contribution in [3.05, 3.63) is 64.5 Å². The summed E-state index contributed by atoms with van der Waals surface area (Å²) in [5.74, 6) is 0. The number of aromatic nitrogens is 1. The predicted molar refractivity (Wildman–Crippen MR) is 84.4 cm³/mol. The number of rotatable bonds is 2. The van der Waals surface area contributed by atoms with E-state index in [1.165, 1.54) is 16.7 Å². The maximum Gasteiger partial charge on any atom is 0.143 e. The molecule has 3 heteroatoms. The van der Waals surface area contributed by atoms with Gasteiger partial charge in [-0.15, -0.1) is 0 Å². The molecule has 21 heavy (non-hydrogen) atoms. The zero-order chi connectivity index (χ0) is 15.2. The van der Waals surface area contributed by atoms with E-state index in [0.717, 1.165) is 25.2 Å². The summed E-state index contributed by atoms with van der Waals surface area (Å²) in [7, 11) is 0. The molecule has 0 unspecified atom stereocenters. The van der Waals surface area contributed by atoms with E-state index in [0.29, 0.717) is 5.69 Å². The number of nitrogens with zero attached hydrogens (tertiary/aromatic N) is 3. The van der Waals surface area contributed by atoms with Crippen LogP contribution < -0.4 is 0 Å². The van der Waals surface area contributed by atoms with Crippen LogP contribution in [0.5, 0.6) is 0 Å². The van der Waals surface area contributed by atoms with Gasteiger partial charge in [0.2, 0.25) is 0 Å². The minimum Gasteiger partial charge on any atom is -0.290 e. The number of fused-ring (bicyclic) bond motifs is 1. The van der Waals surface area contributed by atoms with Crippen molar-refractivity contribution in [2.45, 2.75) is 40.4 Å². The van der Waals surface area contributed by atoms with Gasteiger partial charge < -0.3 is 0 Å². The van der Waals surface area contributed by atoms with Crippen LogP contribution in [0, 0.1) is 18.3 Å².